The second-order valence-corrected chi connectivity index (χ2v) is 8.69. The van der Waals surface area contributed by atoms with E-state index in [0.29, 0.717) is 5.92 Å². The van der Waals surface area contributed by atoms with Gasteiger partial charge in [0.2, 0.25) is 0 Å². The molecular formula is C17H31NO2S. The molecule has 2 saturated heterocycles. The molecule has 0 amide bonds. The van der Waals surface area contributed by atoms with Gasteiger partial charge >= 0.3 is 0 Å². The highest BCUT2D eigenvalue weighted by Gasteiger charge is 2.48. The van der Waals surface area contributed by atoms with Crippen LogP contribution >= 0.6 is 11.8 Å². The van der Waals surface area contributed by atoms with Crippen molar-refractivity contribution in [2.45, 2.75) is 69.1 Å². The van der Waals surface area contributed by atoms with E-state index >= 15 is 0 Å². The average Bonchev–Trinajstić information content (AvgIpc) is 2.94. The first-order valence-corrected chi connectivity index (χ1v) is 9.77. The van der Waals surface area contributed by atoms with Crippen LogP contribution in [-0.2, 0) is 9.47 Å². The molecule has 2 heterocycles. The van der Waals surface area contributed by atoms with Gasteiger partial charge in [-0.15, -0.1) is 0 Å². The van der Waals surface area contributed by atoms with Crippen molar-refractivity contribution in [2.24, 2.45) is 17.6 Å². The first-order valence-electron chi connectivity index (χ1n) is 8.62. The van der Waals surface area contributed by atoms with Crippen LogP contribution in [0.4, 0.5) is 0 Å². The van der Waals surface area contributed by atoms with Crippen LogP contribution in [0, 0.1) is 11.8 Å². The third kappa shape index (κ3) is 3.15. The number of ether oxygens (including phenoxy) is 2. The number of thioether (sulfide) groups is 1. The molecule has 0 aromatic rings. The van der Waals surface area contributed by atoms with E-state index in [1.165, 1.54) is 25.0 Å². The minimum absolute atomic E-state index is 0.0907. The molecule has 3 nitrogen and oxygen atoms in total. The molecule has 3 aliphatic rings. The summed E-state index contributed by atoms with van der Waals surface area (Å²) in [6.45, 7) is 3.23. The molecule has 2 aliphatic heterocycles. The van der Waals surface area contributed by atoms with Crippen LogP contribution in [0.1, 0.15) is 51.9 Å². The summed E-state index contributed by atoms with van der Waals surface area (Å²) in [5, 5.41) is 0. The quantitative estimate of drug-likeness (QED) is 0.869. The van der Waals surface area contributed by atoms with Crippen LogP contribution in [0.15, 0.2) is 0 Å². The van der Waals surface area contributed by atoms with Crippen molar-refractivity contribution in [1.29, 1.82) is 0 Å². The maximum Gasteiger partial charge on any atom is 0.0834 e. The molecule has 0 aromatic carbocycles. The Morgan fingerprint density at radius 1 is 1.29 bits per heavy atom. The second-order valence-electron chi connectivity index (χ2n) is 7.58. The third-order valence-corrected chi connectivity index (χ3v) is 7.33. The number of methoxy groups -OCH3 is 1. The van der Waals surface area contributed by atoms with Gasteiger partial charge in [0.15, 0.2) is 0 Å². The molecule has 122 valence electrons. The molecule has 0 bridgehead atoms. The number of rotatable bonds is 3. The lowest BCUT2D eigenvalue weighted by atomic mass is 9.68. The van der Waals surface area contributed by atoms with Gasteiger partial charge in [-0.1, -0.05) is 19.8 Å². The molecule has 5 unspecified atom stereocenters. The van der Waals surface area contributed by atoms with Crippen LogP contribution in [0.25, 0.3) is 0 Å². The van der Waals surface area contributed by atoms with Crippen LogP contribution < -0.4 is 5.73 Å². The standard InChI is InChI=1S/C17H31NO2S/c1-13-4-3-6-17(10-13,19-2)15(18)14-5-8-20-16(11-14)7-9-21-12-16/h13-15H,3-12,18H2,1-2H3. The Labute approximate surface area is 133 Å². The summed E-state index contributed by atoms with van der Waals surface area (Å²) in [6, 6.07) is 0.164. The Morgan fingerprint density at radius 2 is 2.14 bits per heavy atom. The molecule has 0 aromatic heterocycles. The SMILES string of the molecule is COC1(C(N)C2CCOC3(CCSC3)C2)CCCC(C)C1. The van der Waals surface area contributed by atoms with Gasteiger partial charge in [-0.05, 0) is 49.7 Å². The van der Waals surface area contributed by atoms with Gasteiger partial charge < -0.3 is 15.2 Å². The second kappa shape index (κ2) is 6.38. The smallest absolute Gasteiger partial charge is 0.0834 e. The zero-order chi connectivity index (χ0) is 14.9. The first-order chi connectivity index (χ1) is 10.1. The molecule has 0 radical (unpaired) electrons. The Kier molecular flexibility index (Phi) is 4.90. The van der Waals surface area contributed by atoms with Crippen LogP contribution in [-0.4, -0.2) is 42.5 Å². The van der Waals surface area contributed by atoms with E-state index in [4.69, 9.17) is 15.2 Å². The zero-order valence-corrected chi connectivity index (χ0v) is 14.4. The van der Waals surface area contributed by atoms with E-state index in [0.717, 1.165) is 44.0 Å². The highest BCUT2D eigenvalue weighted by atomic mass is 32.2. The number of hydrogen-bond acceptors (Lipinski definition) is 4. The van der Waals surface area contributed by atoms with Crippen molar-refractivity contribution in [3.05, 3.63) is 0 Å². The fourth-order valence-corrected chi connectivity index (χ4v) is 6.21. The molecule has 1 spiro atoms. The van der Waals surface area contributed by atoms with Gasteiger partial charge in [0.05, 0.1) is 11.2 Å². The van der Waals surface area contributed by atoms with Gasteiger partial charge in [-0.3, -0.25) is 0 Å². The van der Waals surface area contributed by atoms with Crippen LogP contribution in [0.2, 0.25) is 0 Å². The highest BCUT2D eigenvalue weighted by molar-refractivity contribution is 7.99. The minimum Gasteiger partial charge on any atom is -0.377 e. The normalized spacial score (nSPS) is 45.9. The van der Waals surface area contributed by atoms with E-state index in [2.05, 4.69) is 6.92 Å². The highest BCUT2D eigenvalue weighted by Crippen LogP contribution is 2.45. The van der Waals surface area contributed by atoms with Crippen molar-refractivity contribution in [2.75, 3.05) is 25.2 Å². The van der Waals surface area contributed by atoms with E-state index in [9.17, 15) is 0 Å². The molecule has 2 N–H and O–H groups in total. The lowest BCUT2D eigenvalue weighted by molar-refractivity contribution is -0.123. The van der Waals surface area contributed by atoms with Crippen molar-refractivity contribution >= 4 is 11.8 Å². The molecule has 4 heteroatoms. The third-order valence-electron chi connectivity index (χ3n) is 6.11. The van der Waals surface area contributed by atoms with E-state index in [-0.39, 0.29) is 17.2 Å². The predicted molar refractivity (Wildman–Crippen MR) is 88.7 cm³/mol. The molecule has 3 fully saturated rings. The summed E-state index contributed by atoms with van der Waals surface area (Å²) >= 11 is 2.04. The molecule has 1 saturated carbocycles. The van der Waals surface area contributed by atoms with E-state index in [1.54, 1.807) is 0 Å². The predicted octanol–water partition coefficient (Wildman–Crippen LogP) is 3.21. The van der Waals surface area contributed by atoms with Crippen LogP contribution in [0.5, 0.6) is 0 Å². The van der Waals surface area contributed by atoms with Gasteiger partial charge in [0.25, 0.3) is 0 Å². The largest absolute Gasteiger partial charge is 0.377 e. The fraction of sp³-hybridized carbons (Fsp3) is 1.00. The fourth-order valence-electron chi connectivity index (χ4n) is 4.83. The minimum atomic E-state index is -0.0907. The summed E-state index contributed by atoms with van der Waals surface area (Å²) in [7, 11) is 1.87. The van der Waals surface area contributed by atoms with Crippen molar-refractivity contribution < 1.29 is 9.47 Å². The Balaban J connectivity index is 1.72. The van der Waals surface area contributed by atoms with Crippen LogP contribution in [0.3, 0.4) is 0 Å². The molecule has 1 aliphatic carbocycles. The summed E-state index contributed by atoms with van der Waals surface area (Å²) < 4.78 is 12.2. The summed E-state index contributed by atoms with van der Waals surface area (Å²) in [5.41, 5.74) is 6.83. The monoisotopic (exact) mass is 313 g/mol. The Morgan fingerprint density at radius 3 is 2.81 bits per heavy atom. The van der Waals surface area contributed by atoms with Crippen molar-refractivity contribution in [1.82, 2.24) is 0 Å². The average molecular weight is 314 g/mol. The maximum atomic E-state index is 6.79. The number of hydrogen-bond donors (Lipinski definition) is 1. The summed E-state index contributed by atoms with van der Waals surface area (Å²) in [6.07, 6.45) is 8.29. The Bertz CT molecular complexity index is 359. The summed E-state index contributed by atoms with van der Waals surface area (Å²) in [5.74, 6) is 3.70. The van der Waals surface area contributed by atoms with Crippen molar-refractivity contribution in [3.63, 3.8) is 0 Å². The van der Waals surface area contributed by atoms with Gasteiger partial charge in [0.1, 0.15) is 0 Å². The van der Waals surface area contributed by atoms with Gasteiger partial charge in [-0.25, -0.2) is 0 Å². The van der Waals surface area contributed by atoms with E-state index in [1.807, 2.05) is 18.9 Å². The lowest BCUT2D eigenvalue weighted by Crippen LogP contribution is -2.58. The van der Waals surface area contributed by atoms with E-state index < -0.39 is 0 Å². The summed E-state index contributed by atoms with van der Waals surface area (Å²) in [4.78, 5) is 0. The molecular weight excluding hydrogens is 282 g/mol. The molecule has 3 rings (SSSR count). The topological polar surface area (TPSA) is 44.5 Å². The lowest BCUT2D eigenvalue weighted by Gasteiger charge is -2.49. The van der Waals surface area contributed by atoms with Gasteiger partial charge in [0, 0.05) is 25.5 Å². The molecule has 21 heavy (non-hydrogen) atoms. The maximum absolute atomic E-state index is 6.79. The van der Waals surface area contributed by atoms with Gasteiger partial charge in [-0.2, -0.15) is 11.8 Å². The zero-order valence-electron chi connectivity index (χ0n) is 13.6. The molecule has 5 atom stereocenters. The number of nitrogens with two attached hydrogens (primary N) is 1. The Hall–Kier alpha value is 0.230. The van der Waals surface area contributed by atoms with Crippen molar-refractivity contribution in [3.8, 4) is 0 Å². The first kappa shape index (κ1) is 16.1.